The van der Waals surface area contributed by atoms with Gasteiger partial charge in [-0.25, -0.2) is 0 Å². The summed E-state index contributed by atoms with van der Waals surface area (Å²) in [5.41, 5.74) is 1.36. The Hall–Kier alpha value is -1.24. The molecule has 2 aromatic carbocycles. The number of anilines is 1. The maximum absolute atomic E-state index is 11.9. The minimum atomic E-state index is -0.251. The fraction of sp³-hybridized carbons (Fsp3) is 0.0625. The Bertz CT molecular complexity index is 715. The molecule has 22 heavy (non-hydrogen) atoms. The average molecular weight is 448 g/mol. The molecular weight excluding hydrogens is 436 g/mol. The lowest BCUT2D eigenvalue weighted by molar-refractivity contribution is -0.111. The first-order valence-electron chi connectivity index (χ1n) is 6.27. The number of methoxy groups -OCH3 is 1. The lowest BCUT2D eigenvalue weighted by Gasteiger charge is -2.08. The van der Waals surface area contributed by atoms with Gasteiger partial charge in [-0.15, -0.1) is 0 Å². The molecule has 0 atom stereocenters. The third-order valence-electron chi connectivity index (χ3n) is 2.77. The number of carbonyl (C=O) groups excluding carboxylic acids is 1. The third kappa shape index (κ3) is 4.63. The Labute approximate surface area is 152 Å². The van der Waals surface area contributed by atoms with E-state index >= 15 is 0 Å². The Kier molecular flexibility index (Phi) is 6.11. The van der Waals surface area contributed by atoms with Crippen LogP contribution in [0, 0.1) is 3.57 Å². The van der Waals surface area contributed by atoms with Gasteiger partial charge in [0.2, 0.25) is 5.91 Å². The van der Waals surface area contributed by atoms with Gasteiger partial charge in [0.15, 0.2) is 0 Å². The fourth-order valence-electron chi connectivity index (χ4n) is 1.80. The second-order valence-corrected chi connectivity index (χ2v) is 6.43. The molecule has 3 nitrogen and oxygen atoms in total. The second-order valence-electron chi connectivity index (χ2n) is 4.34. The van der Waals surface area contributed by atoms with Gasteiger partial charge in [-0.3, -0.25) is 4.79 Å². The standard InChI is InChI=1S/C16H12Cl2INO2/c1-22-16-10(8-11(17)9-14(16)18)2-7-15(21)20-13-5-3-12(19)4-6-13/h2-9H,1H3,(H,20,21). The van der Waals surface area contributed by atoms with Gasteiger partial charge in [-0.2, -0.15) is 0 Å². The summed E-state index contributed by atoms with van der Waals surface area (Å²) in [6.07, 6.45) is 3.01. The quantitative estimate of drug-likeness (QED) is 0.512. The first-order chi connectivity index (χ1) is 10.5. The Balaban J connectivity index is 2.14. The number of hydrogen-bond acceptors (Lipinski definition) is 2. The summed E-state index contributed by atoms with van der Waals surface area (Å²) in [6.45, 7) is 0. The normalized spacial score (nSPS) is 10.7. The molecule has 0 unspecified atom stereocenters. The Morgan fingerprint density at radius 3 is 2.55 bits per heavy atom. The van der Waals surface area contributed by atoms with Crippen molar-refractivity contribution in [2.75, 3.05) is 12.4 Å². The van der Waals surface area contributed by atoms with Crippen LogP contribution in [0.4, 0.5) is 5.69 Å². The van der Waals surface area contributed by atoms with Gasteiger partial charge >= 0.3 is 0 Å². The highest BCUT2D eigenvalue weighted by Gasteiger charge is 2.08. The molecule has 6 heteroatoms. The molecule has 0 aliphatic rings. The van der Waals surface area contributed by atoms with Crippen molar-refractivity contribution in [2.45, 2.75) is 0 Å². The van der Waals surface area contributed by atoms with E-state index in [9.17, 15) is 4.79 Å². The SMILES string of the molecule is COc1c(Cl)cc(Cl)cc1C=CC(=O)Nc1ccc(I)cc1. The zero-order valence-electron chi connectivity index (χ0n) is 11.6. The van der Waals surface area contributed by atoms with E-state index in [2.05, 4.69) is 27.9 Å². The van der Waals surface area contributed by atoms with Crippen molar-refractivity contribution in [3.8, 4) is 5.75 Å². The van der Waals surface area contributed by atoms with Gasteiger partial charge < -0.3 is 10.1 Å². The summed E-state index contributed by atoms with van der Waals surface area (Å²) in [7, 11) is 1.51. The number of nitrogens with one attached hydrogen (secondary N) is 1. The highest BCUT2D eigenvalue weighted by atomic mass is 127. The number of hydrogen-bond donors (Lipinski definition) is 1. The summed E-state index contributed by atoms with van der Waals surface area (Å²) >= 11 is 14.2. The minimum Gasteiger partial charge on any atom is -0.495 e. The number of rotatable bonds is 4. The summed E-state index contributed by atoms with van der Waals surface area (Å²) < 4.78 is 6.32. The molecule has 0 saturated heterocycles. The van der Waals surface area contributed by atoms with Crippen LogP contribution in [-0.4, -0.2) is 13.0 Å². The Morgan fingerprint density at radius 2 is 1.91 bits per heavy atom. The third-order valence-corrected chi connectivity index (χ3v) is 3.99. The molecule has 1 N–H and O–H groups in total. The predicted molar refractivity (Wildman–Crippen MR) is 99.8 cm³/mol. The van der Waals surface area contributed by atoms with Crippen molar-refractivity contribution in [3.05, 3.63) is 61.7 Å². The van der Waals surface area contributed by atoms with Crippen LogP contribution in [0.25, 0.3) is 6.08 Å². The molecule has 0 heterocycles. The average Bonchev–Trinajstić information content (AvgIpc) is 2.47. The molecule has 2 rings (SSSR count). The number of amides is 1. The van der Waals surface area contributed by atoms with Crippen LogP contribution in [0.2, 0.25) is 10.0 Å². The van der Waals surface area contributed by atoms with Crippen molar-refractivity contribution in [3.63, 3.8) is 0 Å². The van der Waals surface area contributed by atoms with Crippen LogP contribution in [0.1, 0.15) is 5.56 Å². The lowest BCUT2D eigenvalue weighted by Crippen LogP contribution is -2.07. The first kappa shape index (κ1) is 17.1. The number of ether oxygens (including phenoxy) is 1. The number of carbonyl (C=O) groups is 1. The van der Waals surface area contributed by atoms with Crippen LogP contribution >= 0.6 is 45.8 Å². The van der Waals surface area contributed by atoms with Crippen molar-refractivity contribution >= 4 is 63.5 Å². The molecule has 0 fully saturated rings. The smallest absolute Gasteiger partial charge is 0.248 e. The van der Waals surface area contributed by atoms with Gasteiger partial charge in [0, 0.05) is 25.9 Å². The molecule has 0 bridgehead atoms. The summed E-state index contributed by atoms with van der Waals surface area (Å²) in [5, 5.41) is 3.64. The molecule has 0 aromatic heterocycles. The number of halogens is 3. The van der Waals surface area contributed by atoms with E-state index in [1.54, 1.807) is 18.2 Å². The molecule has 0 radical (unpaired) electrons. The molecular formula is C16H12Cl2INO2. The summed E-state index contributed by atoms with van der Waals surface area (Å²) in [6, 6.07) is 10.8. The lowest BCUT2D eigenvalue weighted by atomic mass is 10.2. The molecule has 0 aliphatic carbocycles. The van der Waals surface area contributed by atoms with E-state index in [0.717, 1.165) is 9.26 Å². The van der Waals surface area contributed by atoms with E-state index in [1.165, 1.54) is 13.2 Å². The maximum atomic E-state index is 11.9. The van der Waals surface area contributed by atoms with Crippen molar-refractivity contribution in [1.29, 1.82) is 0 Å². The predicted octanol–water partition coefficient (Wildman–Crippen LogP) is 5.26. The monoisotopic (exact) mass is 447 g/mol. The molecule has 1 amide bonds. The van der Waals surface area contributed by atoms with Crippen LogP contribution in [0.5, 0.6) is 5.75 Å². The fourth-order valence-corrected chi connectivity index (χ4v) is 2.75. The molecule has 2 aromatic rings. The van der Waals surface area contributed by atoms with Crippen molar-refractivity contribution in [2.24, 2.45) is 0 Å². The van der Waals surface area contributed by atoms with Crippen LogP contribution in [0.15, 0.2) is 42.5 Å². The maximum Gasteiger partial charge on any atom is 0.248 e. The summed E-state index contributed by atoms with van der Waals surface area (Å²) in [4.78, 5) is 11.9. The molecule has 0 saturated carbocycles. The Morgan fingerprint density at radius 1 is 1.23 bits per heavy atom. The van der Waals surface area contributed by atoms with Crippen molar-refractivity contribution in [1.82, 2.24) is 0 Å². The van der Waals surface area contributed by atoms with E-state index < -0.39 is 0 Å². The first-order valence-corrected chi connectivity index (χ1v) is 8.10. The topological polar surface area (TPSA) is 38.3 Å². The number of benzene rings is 2. The molecule has 114 valence electrons. The second kappa shape index (κ2) is 7.85. The highest BCUT2D eigenvalue weighted by molar-refractivity contribution is 14.1. The zero-order valence-corrected chi connectivity index (χ0v) is 15.2. The highest BCUT2D eigenvalue weighted by Crippen LogP contribution is 2.32. The van der Waals surface area contributed by atoms with Crippen LogP contribution < -0.4 is 10.1 Å². The van der Waals surface area contributed by atoms with Gasteiger partial charge in [0.05, 0.1) is 12.1 Å². The van der Waals surface area contributed by atoms with Crippen LogP contribution in [-0.2, 0) is 4.79 Å². The zero-order chi connectivity index (χ0) is 16.1. The van der Waals surface area contributed by atoms with Crippen molar-refractivity contribution < 1.29 is 9.53 Å². The van der Waals surface area contributed by atoms with Gasteiger partial charge in [-0.05, 0) is 65.1 Å². The molecule has 0 spiro atoms. The van der Waals surface area contributed by atoms with E-state index in [-0.39, 0.29) is 5.91 Å². The van der Waals surface area contributed by atoms with Gasteiger partial charge in [-0.1, -0.05) is 23.2 Å². The molecule has 0 aliphatic heterocycles. The summed E-state index contributed by atoms with van der Waals surface area (Å²) in [5.74, 6) is 0.226. The van der Waals surface area contributed by atoms with Gasteiger partial charge in [0.1, 0.15) is 5.75 Å². The largest absolute Gasteiger partial charge is 0.495 e. The van der Waals surface area contributed by atoms with E-state index in [1.807, 2.05) is 24.3 Å². The van der Waals surface area contributed by atoms with E-state index in [4.69, 9.17) is 27.9 Å². The van der Waals surface area contributed by atoms with Gasteiger partial charge in [0.25, 0.3) is 0 Å². The minimum absolute atomic E-state index is 0.251. The van der Waals surface area contributed by atoms with Crippen LogP contribution in [0.3, 0.4) is 0 Å². The van der Waals surface area contributed by atoms with E-state index in [0.29, 0.717) is 21.4 Å².